The first-order valence-electron chi connectivity index (χ1n) is 4.60. The molecule has 0 spiro atoms. The fraction of sp³-hybridized carbons (Fsp3) is 0.182. The summed E-state index contributed by atoms with van der Waals surface area (Å²) in [6.07, 6.45) is 1.62. The van der Waals surface area contributed by atoms with Crippen LogP contribution in [-0.2, 0) is 6.54 Å². The molecule has 2 aromatic rings. The lowest BCUT2D eigenvalue weighted by molar-refractivity contribution is 0.414. The second-order valence-electron chi connectivity index (χ2n) is 3.15. The molecule has 1 aromatic carbocycles. The summed E-state index contributed by atoms with van der Waals surface area (Å²) in [5, 5.41) is 4.67. The number of rotatable bonds is 3. The zero-order valence-corrected chi connectivity index (χ0v) is 9.11. The summed E-state index contributed by atoms with van der Waals surface area (Å²) < 4.78 is 6.75. The highest BCUT2D eigenvalue weighted by Crippen LogP contribution is 2.23. The molecule has 0 aliphatic rings. The number of aromatic nitrogens is 2. The topological polar surface area (TPSA) is 27.1 Å². The van der Waals surface area contributed by atoms with E-state index in [1.54, 1.807) is 18.0 Å². The van der Waals surface area contributed by atoms with Gasteiger partial charge in [0.05, 0.1) is 19.9 Å². The number of hydrogen-bond acceptors (Lipinski definition) is 2. The Labute approximate surface area is 93.2 Å². The summed E-state index contributed by atoms with van der Waals surface area (Å²) in [7, 11) is 1.58. The Hall–Kier alpha value is -1.48. The molecule has 1 aromatic heterocycles. The lowest BCUT2D eigenvalue weighted by atomic mass is 10.2. The fourth-order valence-corrected chi connectivity index (χ4v) is 1.59. The van der Waals surface area contributed by atoms with Gasteiger partial charge in [-0.3, -0.25) is 0 Å². The molecule has 78 valence electrons. The van der Waals surface area contributed by atoms with E-state index in [2.05, 4.69) is 5.10 Å². The van der Waals surface area contributed by atoms with Crippen molar-refractivity contribution in [1.29, 1.82) is 0 Å². The first kappa shape index (κ1) is 10.1. The molecular weight excluding hydrogens is 212 g/mol. The van der Waals surface area contributed by atoms with E-state index in [-0.39, 0.29) is 0 Å². The molecule has 0 fully saturated rings. The molecule has 3 nitrogen and oxygen atoms in total. The van der Waals surface area contributed by atoms with Gasteiger partial charge in [-0.05, 0) is 5.56 Å². The van der Waals surface area contributed by atoms with Crippen LogP contribution in [0.2, 0.25) is 5.15 Å². The van der Waals surface area contributed by atoms with Crippen molar-refractivity contribution < 1.29 is 4.74 Å². The third kappa shape index (κ3) is 2.13. The maximum absolute atomic E-state index is 6.05. The summed E-state index contributed by atoms with van der Waals surface area (Å²) >= 11 is 6.05. The third-order valence-electron chi connectivity index (χ3n) is 2.14. The molecule has 15 heavy (non-hydrogen) atoms. The van der Waals surface area contributed by atoms with Crippen LogP contribution in [-0.4, -0.2) is 16.9 Å². The maximum Gasteiger partial charge on any atom is 0.175 e. The lowest BCUT2D eigenvalue weighted by Gasteiger charge is -2.03. The first-order valence-corrected chi connectivity index (χ1v) is 4.98. The Morgan fingerprint density at radius 3 is 2.67 bits per heavy atom. The normalized spacial score (nSPS) is 10.3. The van der Waals surface area contributed by atoms with E-state index in [0.717, 1.165) is 5.56 Å². The summed E-state index contributed by atoms with van der Waals surface area (Å²) in [6.45, 7) is 0.656. The van der Waals surface area contributed by atoms with Crippen LogP contribution < -0.4 is 4.74 Å². The van der Waals surface area contributed by atoms with E-state index in [9.17, 15) is 0 Å². The molecule has 0 saturated heterocycles. The van der Waals surface area contributed by atoms with Crippen LogP contribution in [0.5, 0.6) is 5.75 Å². The molecule has 1 heterocycles. The average molecular weight is 223 g/mol. The smallest absolute Gasteiger partial charge is 0.175 e. The molecule has 2 rings (SSSR count). The van der Waals surface area contributed by atoms with Crippen LogP contribution in [0.4, 0.5) is 0 Å². The molecule has 0 N–H and O–H groups in total. The van der Waals surface area contributed by atoms with Crippen molar-refractivity contribution >= 4 is 11.6 Å². The Morgan fingerprint density at radius 1 is 1.33 bits per heavy atom. The third-order valence-corrected chi connectivity index (χ3v) is 2.52. The minimum atomic E-state index is 0.529. The Balaban J connectivity index is 2.21. The highest BCUT2D eigenvalue weighted by atomic mass is 35.5. The summed E-state index contributed by atoms with van der Waals surface area (Å²) in [4.78, 5) is 0. The van der Waals surface area contributed by atoms with Gasteiger partial charge in [-0.25, -0.2) is 4.68 Å². The molecule has 0 amide bonds. The van der Waals surface area contributed by atoms with Crippen molar-refractivity contribution in [2.75, 3.05) is 7.11 Å². The van der Waals surface area contributed by atoms with Gasteiger partial charge in [0.25, 0.3) is 0 Å². The molecule has 0 atom stereocenters. The van der Waals surface area contributed by atoms with Gasteiger partial charge in [-0.2, -0.15) is 5.10 Å². The van der Waals surface area contributed by atoms with Crippen molar-refractivity contribution in [3.05, 3.63) is 47.2 Å². The predicted octanol–water partition coefficient (Wildman–Crippen LogP) is 2.59. The number of methoxy groups -OCH3 is 1. The molecule has 0 aliphatic heterocycles. The van der Waals surface area contributed by atoms with Crippen LogP contribution in [0.15, 0.2) is 36.5 Å². The molecule has 0 bridgehead atoms. The monoisotopic (exact) mass is 222 g/mol. The largest absolute Gasteiger partial charge is 0.492 e. The molecule has 0 aliphatic carbocycles. The van der Waals surface area contributed by atoms with Crippen molar-refractivity contribution in [2.45, 2.75) is 6.54 Å². The highest BCUT2D eigenvalue weighted by Gasteiger charge is 2.08. The highest BCUT2D eigenvalue weighted by molar-refractivity contribution is 6.31. The van der Waals surface area contributed by atoms with Crippen molar-refractivity contribution in [3.8, 4) is 5.75 Å². The van der Waals surface area contributed by atoms with Gasteiger partial charge in [0.15, 0.2) is 10.9 Å². The van der Waals surface area contributed by atoms with Crippen LogP contribution in [0.3, 0.4) is 0 Å². The zero-order valence-electron chi connectivity index (χ0n) is 8.35. The molecular formula is C11H11ClN2O. The van der Waals surface area contributed by atoms with Gasteiger partial charge in [-0.1, -0.05) is 41.9 Å². The van der Waals surface area contributed by atoms with E-state index in [4.69, 9.17) is 16.3 Å². The molecule has 4 heteroatoms. The Kier molecular flexibility index (Phi) is 2.92. The number of nitrogens with zero attached hydrogens (tertiary/aromatic N) is 2. The van der Waals surface area contributed by atoms with Gasteiger partial charge in [0.2, 0.25) is 0 Å². The summed E-state index contributed by atoms with van der Waals surface area (Å²) in [5.41, 5.74) is 1.16. The van der Waals surface area contributed by atoms with Crippen LogP contribution in [0.1, 0.15) is 5.56 Å². The quantitative estimate of drug-likeness (QED) is 0.798. The van der Waals surface area contributed by atoms with Gasteiger partial charge in [0.1, 0.15) is 0 Å². The van der Waals surface area contributed by atoms with Gasteiger partial charge in [0, 0.05) is 0 Å². The van der Waals surface area contributed by atoms with Crippen molar-refractivity contribution in [2.24, 2.45) is 0 Å². The predicted molar refractivity (Wildman–Crippen MR) is 59.3 cm³/mol. The van der Waals surface area contributed by atoms with E-state index in [0.29, 0.717) is 17.4 Å². The maximum atomic E-state index is 6.05. The second-order valence-corrected chi connectivity index (χ2v) is 3.51. The van der Waals surface area contributed by atoms with E-state index >= 15 is 0 Å². The number of ether oxygens (including phenoxy) is 1. The van der Waals surface area contributed by atoms with Gasteiger partial charge in [-0.15, -0.1) is 0 Å². The fourth-order valence-electron chi connectivity index (χ4n) is 1.36. The summed E-state index contributed by atoms with van der Waals surface area (Å²) in [6, 6.07) is 10.0. The van der Waals surface area contributed by atoms with E-state index < -0.39 is 0 Å². The SMILES string of the molecule is COc1cnn(Cc2ccccc2)c1Cl. The van der Waals surface area contributed by atoms with Crippen molar-refractivity contribution in [3.63, 3.8) is 0 Å². The summed E-state index contributed by atoms with van der Waals surface area (Å²) in [5.74, 6) is 0.604. The standard InChI is InChI=1S/C11H11ClN2O/c1-15-10-7-13-14(11(10)12)8-9-5-3-2-4-6-9/h2-7H,8H2,1H3. The van der Waals surface area contributed by atoms with Crippen LogP contribution >= 0.6 is 11.6 Å². The lowest BCUT2D eigenvalue weighted by Crippen LogP contribution is -2.01. The van der Waals surface area contributed by atoms with Crippen LogP contribution in [0, 0.1) is 0 Å². The second kappa shape index (κ2) is 4.36. The van der Waals surface area contributed by atoms with Crippen molar-refractivity contribution in [1.82, 2.24) is 9.78 Å². The average Bonchev–Trinajstić information content (AvgIpc) is 2.62. The minimum Gasteiger partial charge on any atom is -0.492 e. The molecule has 0 saturated carbocycles. The van der Waals surface area contributed by atoms with Gasteiger partial charge < -0.3 is 4.74 Å². The van der Waals surface area contributed by atoms with Crippen LogP contribution in [0.25, 0.3) is 0 Å². The number of benzene rings is 1. The Morgan fingerprint density at radius 2 is 2.07 bits per heavy atom. The number of hydrogen-bond donors (Lipinski definition) is 0. The van der Waals surface area contributed by atoms with Gasteiger partial charge >= 0.3 is 0 Å². The minimum absolute atomic E-state index is 0.529. The molecule has 0 radical (unpaired) electrons. The molecule has 0 unspecified atom stereocenters. The number of halogens is 1. The first-order chi connectivity index (χ1) is 7.31. The Bertz CT molecular complexity index is 439. The zero-order chi connectivity index (χ0) is 10.7. The van der Waals surface area contributed by atoms with E-state index in [1.807, 2.05) is 30.3 Å². The van der Waals surface area contributed by atoms with E-state index in [1.165, 1.54) is 0 Å².